The van der Waals surface area contributed by atoms with E-state index in [9.17, 15) is 18.8 Å². The van der Waals surface area contributed by atoms with Gasteiger partial charge in [0.15, 0.2) is 0 Å². The summed E-state index contributed by atoms with van der Waals surface area (Å²) in [6.07, 6.45) is 2.34. The van der Waals surface area contributed by atoms with Crippen LogP contribution >= 0.6 is 0 Å². The molecule has 2 amide bonds. The van der Waals surface area contributed by atoms with Crippen molar-refractivity contribution in [2.24, 2.45) is 0 Å². The van der Waals surface area contributed by atoms with Gasteiger partial charge in [0, 0.05) is 11.6 Å². The summed E-state index contributed by atoms with van der Waals surface area (Å²) in [5.41, 5.74) is 1.02. The largest absolute Gasteiger partial charge is 0.497 e. The first-order valence-corrected chi connectivity index (χ1v) is 10.1. The van der Waals surface area contributed by atoms with Crippen LogP contribution in [0.1, 0.15) is 24.1 Å². The topological polar surface area (TPSA) is 103 Å². The third-order valence-electron chi connectivity index (χ3n) is 4.76. The summed E-state index contributed by atoms with van der Waals surface area (Å²) in [5, 5.41) is 5.19. The fraction of sp³-hybridized carbons (Fsp3) is 0.208. The van der Waals surface area contributed by atoms with Gasteiger partial charge < -0.3 is 24.8 Å². The molecule has 1 heterocycles. The molecular formula is C24H23FN2O6. The number of methoxy groups -OCH3 is 1. The molecule has 3 rings (SSSR count). The van der Waals surface area contributed by atoms with Gasteiger partial charge in [0.05, 0.1) is 31.0 Å². The lowest BCUT2D eigenvalue weighted by Crippen LogP contribution is -2.47. The molecule has 33 heavy (non-hydrogen) atoms. The van der Waals surface area contributed by atoms with E-state index in [4.69, 9.17) is 14.2 Å². The van der Waals surface area contributed by atoms with Crippen LogP contribution in [0.2, 0.25) is 0 Å². The Hall–Kier alpha value is -4.14. The number of amides is 2. The van der Waals surface area contributed by atoms with Crippen LogP contribution in [0.15, 0.2) is 65.9 Å². The van der Waals surface area contributed by atoms with Crippen LogP contribution in [-0.2, 0) is 19.1 Å². The van der Waals surface area contributed by atoms with Crippen molar-refractivity contribution in [3.05, 3.63) is 82.8 Å². The quantitative estimate of drug-likeness (QED) is 0.469. The van der Waals surface area contributed by atoms with Crippen molar-refractivity contribution in [2.75, 3.05) is 20.3 Å². The van der Waals surface area contributed by atoms with Crippen LogP contribution < -0.4 is 15.4 Å². The first-order valence-electron chi connectivity index (χ1n) is 10.1. The smallest absolute Gasteiger partial charge is 0.338 e. The molecule has 0 aliphatic carbocycles. The van der Waals surface area contributed by atoms with E-state index in [2.05, 4.69) is 10.6 Å². The number of hydrogen-bond donors (Lipinski definition) is 2. The molecule has 2 aromatic carbocycles. The Labute approximate surface area is 190 Å². The number of benzene rings is 2. The first-order chi connectivity index (χ1) is 15.9. The highest BCUT2D eigenvalue weighted by molar-refractivity contribution is 5.95. The molecule has 1 aliphatic heterocycles. The number of rotatable bonds is 8. The number of nitrogens with one attached hydrogen (secondary N) is 2. The van der Waals surface area contributed by atoms with Gasteiger partial charge in [0.2, 0.25) is 0 Å². The molecule has 0 aromatic heterocycles. The molecule has 2 aromatic rings. The molecule has 0 bridgehead atoms. The minimum atomic E-state index is -0.827. The molecular weight excluding hydrogens is 431 g/mol. The van der Waals surface area contributed by atoms with Gasteiger partial charge in [-0.05, 0) is 36.8 Å². The number of halogens is 1. The fourth-order valence-electron chi connectivity index (χ4n) is 3.19. The number of ether oxygens (including phenoxy) is 3. The van der Waals surface area contributed by atoms with Crippen molar-refractivity contribution in [1.29, 1.82) is 0 Å². The minimum absolute atomic E-state index is 0.0886. The molecule has 0 saturated heterocycles. The van der Waals surface area contributed by atoms with Gasteiger partial charge in [-0.15, -0.1) is 0 Å². The van der Waals surface area contributed by atoms with Crippen LogP contribution in [-0.4, -0.2) is 38.3 Å². The lowest BCUT2D eigenvalue weighted by Gasteiger charge is -2.29. The Morgan fingerprint density at radius 1 is 1.09 bits per heavy atom. The summed E-state index contributed by atoms with van der Waals surface area (Å²) < 4.78 is 29.2. The first kappa shape index (κ1) is 23.5. The van der Waals surface area contributed by atoms with E-state index < -0.39 is 36.4 Å². The maximum Gasteiger partial charge on any atom is 0.338 e. The molecule has 172 valence electrons. The predicted molar refractivity (Wildman–Crippen MR) is 117 cm³/mol. The van der Waals surface area contributed by atoms with Crippen molar-refractivity contribution in [3.8, 4) is 5.75 Å². The minimum Gasteiger partial charge on any atom is -0.497 e. The van der Waals surface area contributed by atoms with Crippen LogP contribution in [0.3, 0.4) is 0 Å². The van der Waals surface area contributed by atoms with Crippen LogP contribution in [0.4, 0.5) is 9.18 Å². The average Bonchev–Trinajstić information content (AvgIpc) is 2.82. The monoisotopic (exact) mass is 454 g/mol. The molecule has 1 aliphatic rings. The molecule has 8 nitrogen and oxygen atoms in total. The Bertz CT molecular complexity index is 1090. The van der Waals surface area contributed by atoms with E-state index in [1.807, 2.05) is 0 Å². The highest BCUT2D eigenvalue weighted by atomic mass is 19.1. The third kappa shape index (κ3) is 5.97. The van der Waals surface area contributed by atoms with Crippen molar-refractivity contribution >= 4 is 24.0 Å². The standard InChI is InChI=1S/C24H23FN2O6/c1-3-32-23(29)21-19(14-33-20(28)13-10-15-6-4-5-7-18(15)25)26-24(30)27-22(21)16-8-11-17(31-2)12-9-16/h4-13,22H,3,14H2,1-2H3,(H2,26,27,30)/b13-10+. The van der Waals surface area contributed by atoms with E-state index in [1.54, 1.807) is 37.3 Å². The molecule has 0 radical (unpaired) electrons. The molecule has 0 saturated carbocycles. The van der Waals surface area contributed by atoms with Crippen molar-refractivity contribution in [2.45, 2.75) is 13.0 Å². The van der Waals surface area contributed by atoms with E-state index in [-0.39, 0.29) is 23.4 Å². The van der Waals surface area contributed by atoms with E-state index in [1.165, 1.54) is 31.4 Å². The van der Waals surface area contributed by atoms with Gasteiger partial charge in [-0.2, -0.15) is 0 Å². The maximum atomic E-state index is 13.7. The number of urea groups is 1. The SMILES string of the molecule is CCOC(=O)C1=C(COC(=O)/C=C/c2ccccc2F)NC(=O)NC1c1ccc(OC)cc1. The molecule has 2 N–H and O–H groups in total. The highest BCUT2D eigenvalue weighted by Crippen LogP contribution is 2.29. The number of carbonyl (C=O) groups excluding carboxylic acids is 3. The summed E-state index contributed by atoms with van der Waals surface area (Å²) in [5.74, 6) is -1.32. The van der Waals surface area contributed by atoms with E-state index in [0.717, 1.165) is 6.08 Å². The van der Waals surface area contributed by atoms with Gasteiger partial charge >= 0.3 is 18.0 Å². The second kappa shape index (κ2) is 10.9. The van der Waals surface area contributed by atoms with Crippen molar-refractivity contribution in [3.63, 3.8) is 0 Å². The van der Waals surface area contributed by atoms with Crippen LogP contribution in [0.5, 0.6) is 5.75 Å². The summed E-state index contributed by atoms with van der Waals surface area (Å²) in [6, 6.07) is 11.3. The van der Waals surface area contributed by atoms with Crippen molar-refractivity contribution < 1.29 is 33.0 Å². The summed E-state index contributed by atoms with van der Waals surface area (Å²) >= 11 is 0. The van der Waals surface area contributed by atoms with Gasteiger partial charge in [0.1, 0.15) is 18.2 Å². The number of hydrogen-bond acceptors (Lipinski definition) is 6. The lowest BCUT2D eigenvalue weighted by atomic mass is 9.95. The second-order valence-electron chi connectivity index (χ2n) is 6.88. The van der Waals surface area contributed by atoms with Gasteiger partial charge in [-0.3, -0.25) is 0 Å². The number of carbonyl (C=O) groups is 3. The summed E-state index contributed by atoms with van der Waals surface area (Å²) in [7, 11) is 1.53. The Morgan fingerprint density at radius 2 is 1.82 bits per heavy atom. The zero-order valence-electron chi connectivity index (χ0n) is 18.1. The fourth-order valence-corrected chi connectivity index (χ4v) is 3.19. The molecule has 0 spiro atoms. The van der Waals surface area contributed by atoms with Crippen molar-refractivity contribution in [1.82, 2.24) is 10.6 Å². The zero-order chi connectivity index (χ0) is 23.8. The van der Waals surface area contributed by atoms with Crippen LogP contribution in [0, 0.1) is 5.82 Å². The van der Waals surface area contributed by atoms with Crippen LogP contribution in [0.25, 0.3) is 6.08 Å². The zero-order valence-corrected chi connectivity index (χ0v) is 18.1. The molecule has 1 atom stereocenters. The normalized spacial score (nSPS) is 15.6. The summed E-state index contributed by atoms with van der Waals surface area (Å²) in [4.78, 5) is 37.2. The van der Waals surface area contributed by atoms with E-state index >= 15 is 0 Å². The lowest BCUT2D eigenvalue weighted by molar-refractivity contribution is -0.140. The Morgan fingerprint density at radius 3 is 2.48 bits per heavy atom. The van der Waals surface area contributed by atoms with E-state index in [0.29, 0.717) is 11.3 Å². The second-order valence-corrected chi connectivity index (χ2v) is 6.88. The molecule has 9 heteroatoms. The van der Waals surface area contributed by atoms with Gasteiger partial charge in [0.25, 0.3) is 0 Å². The molecule has 0 fully saturated rings. The van der Waals surface area contributed by atoms with Gasteiger partial charge in [-0.1, -0.05) is 30.3 Å². The average molecular weight is 454 g/mol. The third-order valence-corrected chi connectivity index (χ3v) is 4.76. The summed E-state index contributed by atoms with van der Waals surface area (Å²) in [6.45, 7) is 1.38. The van der Waals surface area contributed by atoms with Gasteiger partial charge in [-0.25, -0.2) is 18.8 Å². The maximum absolute atomic E-state index is 13.7. The number of esters is 2. The highest BCUT2D eigenvalue weighted by Gasteiger charge is 2.34. The Kier molecular flexibility index (Phi) is 7.80. The Balaban J connectivity index is 1.84. The molecule has 1 unspecified atom stereocenters. The predicted octanol–water partition coefficient (Wildman–Crippen LogP) is 3.26.